The number of rotatable bonds is 6. The number of benzene rings is 4. The standard InChI is InChI=1S/C29H23N3O2/c33-27(30-29(22-11-3-1-4-12-22)23-13-5-2-6-14-23)20-32-28(34)19-18-26(31-32)25-17-9-15-21-10-7-8-16-24(21)25/h1-19,29H,20H2,(H,30,33). The summed E-state index contributed by atoms with van der Waals surface area (Å²) >= 11 is 0. The molecule has 0 spiro atoms. The Bertz CT molecular complexity index is 1450. The van der Waals surface area contributed by atoms with Gasteiger partial charge in [-0.15, -0.1) is 0 Å². The smallest absolute Gasteiger partial charge is 0.267 e. The van der Waals surface area contributed by atoms with Crippen LogP contribution in [0.2, 0.25) is 0 Å². The van der Waals surface area contributed by atoms with E-state index in [0.717, 1.165) is 27.5 Å². The number of amides is 1. The van der Waals surface area contributed by atoms with E-state index in [1.807, 2.05) is 103 Å². The highest BCUT2D eigenvalue weighted by Crippen LogP contribution is 2.26. The van der Waals surface area contributed by atoms with Gasteiger partial charge < -0.3 is 5.32 Å². The summed E-state index contributed by atoms with van der Waals surface area (Å²) in [5.41, 5.74) is 3.17. The third-order valence-corrected chi connectivity index (χ3v) is 5.80. The first-order valence-corrected chi connectivity index (χ1v) is 11.1. The van der Waals surface area contributed by atoms with Gasteiger partial charge in [-0.05, 0) is 28.0 Å². The minimum atomic E-state index is -0.327. The molecule has 1 aromatic heterocycles. The Kier molecular flexibility index (Phi) is 5.99. The molecule has 4 aromatic carbocycles. The highest BCUT2D eigenvalue weighted by atomic mass is 16.2. The minimum Gasteiger partial charge on any atom is -0.344 e. The molecule has 0 saturated heterocycles. The van der Waals surface area contributed by atoms with Crippen LogP contribution in [-0.4, -0.2) is 15.7 Å². The Morgan fingerprint density at radius 2 is 1.35 bits per heavy atom. The summed E-state index contributed by atoms with van der Waals surface area (Å²) < 4.78 is 1.22. The van der Waals surface area contributed by atoms with Crippen molar-refractivity contribution in [2.45, 2.75) is 12.6 Å². The number of hydrogen-bond donors (Lipinski definition) is 1. The van der Waals surface area contributed by atoms with Crippen molar-refractivity contribution in [1.29, 1.82) is 0 Å². The normalized spacial score (nSPS) is 11.0. The predicted molar refractivity (Wildman–Crippen MR) is 134 cm³/mol. The first-order chi connectivity index (χ1) is 16.7. The van der Waals surface area contributed by atoms with Gasteiger partial charge in [-0.1, -0.05) is 103 Å². The van der Waals surface area contributed by atoms with Crippen LogP contribution in [0, 0.1) is 0 Å². The molecule has 0 aliphatic carbocycles. The first kappa shape index (κ1) is 21.3. The zero-order chi connectivity index (χ0) is 23.3. The van der Waals surface area contributed by atoms with Crippen LogP contribution in [0.25, 0.3) is 22.0 Å². The van der Waals surface area contributed by atoms with Crippen LogP contribution in [0.15, 0.2) is 120 Å². The van der Waals surface area contributed by atoms with Crippen molar-refractivity contribution in [2.75, 3.05) is 0 Å². The Balaban J connectivity index is 1.44. The highest BCUT2D eigenvalue weighted by molar-refractivity contribution is 5.95. The van der Waals surface area contributed by atoms with E-state index < -0.39 is 0 Å². The van der Waals surface area contributed by atoms with Gasteiger partial charge in [0.15, 0.2) is 0 Å². The fraction of sp³-hybridized carbons (Fsp3) is 0.0690. The molecule has 5 rings (SSSR count). The zero-order valence-electron chi connectivity index (χ0n) is 18.5. The second kappa shape index (κ2) is 9.55. The Hall–Kier alpha value is -4.51. The van der Waals surface area contributed by atoms with Crippen molar-refractivity contribution in [3.05, 3.63) is 137 Å². The van der Waals surface area contributed by atoms with Crippen LogP contribution < -0.4 is 10.9 Å². The summed E-state index contributed by atoms with van der Waals surface area (Å²) in [4.78, 5) is 25.6. The number of fused-ring (bicyclic) bond motifs is 1. The van der Waals surface area contributed by atoms with E-state index >= 15 is 0 Å². The number of hydrogen-bond acceptors (Lipinski definition) is 3. The molecule has 5 nitrogen and oxygen atoms in total. The molecule has 0 aliphatic rings. The second-order valence-corrected chi connectivity index (χ2v) is 8.06. The minimum absolute atomic E-state index is 0.173. The van der Waals surface area contributed by atoms with Crippen LogP contribution in [-0.2, 0) is 11.3 Å². The molecule has 0 radical (unpaired) electrons. The summed E-state index contributed by atoms with van der Waals surface area (Å²) in [5, 5.41) is 9.74. The van der Waals surface area contributed by atoms with Gasteiger partial charge in [0.1, 0.15) is 6.54 Å². The Labute approximate surface area is 197 Å². The highest BCUT2D eigenvalue weighted by Gasteiger charge is 2.18. The molecule has 34 heavy (non-hydrogen) atoms. The maximum atomic E-state index is 13.1. The fourth-order valence-corrected chi connectivity index (χ4v) is 4.15. The van der Waals surface area contributed by atoms with Gasteiger partial charge in [0.2, 0.25) is 5.91 Å². The summed E-state index contributed by atoms with van der Waals surface area (Å²) in [6.07, 6.45) is 0. The molecule has 5 heteroatoms. The maximum Gasteiger partial charge on any atom is 0.267 e. The van der Waals surface area contributed by atoms with E-state index in [-0.39, 0.29) is 24.1 Å². The van der Waals surface area contributed by atoms with Gasteiger partial charge in [0, 0.05) is 11.6 Å². The monoisotopic (exact) mass is 445 g/mol. The van der Waals surface area contributed by atoms with Crippen LogP contribution in [0.4, 0.5) is 0 Å². The SMILES string of the molecule is O=C(Cn1nc(-c2cccc3ccccc23)ccc1=O)NC(c1ccccc1)c1ccccc1. The van der Waals surface area contributed by atoms with Gasteiger partial charge >= 0.3 is 0 Å². The topological polar surface area (TPSA) is 64.0 Å². The van der Waals surface area contributed by atoms with Crippen LogP contribution in [0.5, 0.6) is 0 Å². The Morgan fingerprint density at radius 3 is 2.06 bits per heavy atom. The largest absolute Gasteiger partial charge is 0.344 e. The van der Waals surface area contributed by atoms with Crippen molar-refractivity contribution in [1.82, 2.24) is 15.1 Å². The quantitative estimate of drug-likeness (QED) is 0.401. The second-order valence-electron chi connectivity index (χ2n) is 8.06. The van der Waals surface area contributed by atoms with Crippen molar-refractivity contribution in [3.63, 3.8) is 0 Å². The summed E-state index contributed by atoms with van der Waals surface area (Å²) in [6.45, 7) is -0.173. The molecule has 0 unspecified atom stereocenters. The molecule has 1 heterocycles. The molecular weight excluding hydrogens is 422 g/mol. The van der Waals surface area contributed by atoms with Gasteiger partial charge in [0.05, 0.1) is 11.7 Å². The maximum absolute atomic E-state index is 13.1. The average molecular weight is 446 g/mol. The molecule has 0 bridgehead atoms. The van der Waals surface area contributed by atoms with Gasteiger partial charge in [0.25, 0.3) is 5.56 Å². The van der Waals surface area contributed by atoms with Crippen LogP contribution >= 0.6 is 0 Å². The molecule has 0 atom stereocenters. The van der Waals surface area contributed by atoms with E-state index in [1.54, 1.807) is 6.07 Å². The molecule has 1 N–H and O–H groups in total. The molecule has 1 amide bonds. The van der Waals surface area contributed by atoms with E-state index in [4.69, 9.17) is 0 Å². The third-order valence-electron chi connectivity index (χ3n) is 5.80. The number of carbonyl (C=O) groups is 1. The van der Waals surface area contributed by atoms with E-state index in [2.05, 4.69) is 10.4 Å². The number of carbonyl (C=O) groups excluding carboxylic acids is 1. The molecule has 0 fully saturated rings. The predicted octanol–water partition coefficient (Wildman–Crippen LogP) is 4.97. The lowest BCUT2D eigenvalue weighted by atomic mass is 9.99. The number of nitrogens with zero attached hydrogens (tertiary/aromatic N) is 2. The van der Waals surface area contributed by atoms with Crippen LogP contribution in [0.3, 0.4) is 0 Å². The summed E-state index contributed by atoms with van der Waals surface area (Å²) in [5.74, 6) is -0.289. The first-order valence-electron chi connectivity index (χ1n) is 11.1. The molecule has 0 aliphatic heterocycles. The third kappa shape index (κ3) is 4.50. The lowest BCUT2D eigenvalue weighted by Gasteiger charge is -2.20. The summed E-state index contributed by atoms with van der Waals surface area (Å²) in [6, 6.07) is 36.4. The molecule has 5 aromatic rings. The lowest BCUT2D eigenvalue weighted by Crippen LogP contribution is -2.36. The number of aromatic nitrogens is 2. The van der Waals surface area contributed by atoms with Crippen molar-refractivity contribution in [3.8, 4) is 11.3 Å². The summed E-state index contributed by atoms with van der Waals surface area (Å²) in [7, 11) is 0. The molecule has 0 saturated carbocycles. The van der Waals surface area contributed by atoms with E-state index in [0.29, 0.717) is 5.69 Å². The van der Waals surface area contributed by atoms with Crippen molar-refractivity contribution >= 4 is 16.7 Å². The van der Waals surface area contributed by atoms with Crippen molar-refractivity contribution < 1.29 is 4.79 Å². The Morgan fingerprint density at radius 1 is 0.735 bits per heavy atom. The van der Waals surface area contributed by atoms with Crippen molar-refractivity contribution in [2.24, 2.45) is 0 Å². The van der Waals surface area contributed by atoms with E-state index in [9.17, 15) is 9.59 Å². The van der Waals surface area contributed by atoms with Crippen LogP contribution in [0.1, 0.15) is 17.2 Å². The molecule has 166 valence electrons. The zero-order valence-corrected chi connectivity index (χ0v) is 18.5. The number of nitrogens with one attached hydrogen (secondary N) is 1. The van der Waals surface area contributed by atoms with E-state index in [1.165, 1.54) is 10.7 Å². The molecular formula is C29H23N3O2. The average Bonchev–Trinajstić information content (AvgIpc) is 2.89. The lowest BCUT2D eigenvalue weighted by molar-refractivity contribution is -0.122. The van der Waals surface area contributed by atoms with Gasteiger partial charge in [-0.25, -0.2) is 4.68 Å². The van der Waals surface area contributed by atoms with Gasteiger partial charge in [-0.2, -0.15) is 5.10 Å². The van der Waals surface area contributed by atoms with Gasteiger partial charge in [-0.3, -0.25) is 9.59 Å². The fourth-order valence-electron chi connectivity index (χ4n) is 4.15.